The van der Waals surface area contributed by atoms with Crippen molar-refractivity contribution in [2.75, 3.05) is 19.8 Å². The number of alkyl halides is 1. The van der Waals surface area contributed by atoms with Gasteiger partial charge in [-0.15, -0.1) is 0 Å². The minimum Gasteiger partial charge on any atom is -0.343 e. The van der Waals surface area contributed by atoms with Gasteiger partial charge in [0.05, 0.1) is 13.2 Å². The molecule has 2 N–H and O–H groups in total. The van der Waals surface area contributed by atoms with E-state index in [0.717, 1.165) is 39.0 Å². The topological polar surface area (TPSA) is 78.5 Å². The summed E-state index contributed by atoms with van der Waals surface area (Å²) in [6.45, 7) is 6.99. The SMILES string of the molecule is C/C=C(C)\C=C(/C)[C@@H](C)NN(CC(CF)CCC=O)C(=O)CNC(=O)c1ccc2cc3ccccc3cc2c1. The van der Waals surface area contributed by atoms with E-state index in [-0.39, 0.29) is 37.4 Å². The van der Waals surface area contributed by atoms with Gasteiger partial charge < -0.3 is 10.1 Å². The van der Waals surface area contributed by atoms with Crippen LogP contribution in [-0.2, 0) is 9.59 Å². The molecule has 0 heterocycles. The summed E-state index contributed by atoms with van der Waals surface area (Å²) in [5.41, 5.74) is 5.71. The molecular weight excluding hydrogens is 493 g/mol. The molecule has 0 aromatic heterocycles. The van der Waals surface area contributed by atoms with Gasteiger partial charge in [0.25, 0.3) is 11.8 Å². The molecule has 7 heteroatoms. The molecule has 0 saturated heterocycles. The molecule has 0 saturated carbocycles. The van der Waals surface area contributed by atoms with Crippen LogP contribution in [0.25, 0.3) is 21.5 Å². The van der Waals surface area contributed by atoms with Crippen molar-refractivity contribution in [3.05, 3.63) is 83.5 Å². The van der Waals surface area contributed by atoms with Gasteiger partial charge in [0.1, 0.15) is 6.29 Å². The van der Waals surface area contributed by atoms with Crippen LogP contribution in [0.4, 0.5) is 4.39 Å². The largest absolute Gasteiger partial charge is 0.343 e. The maximum Gasteiger partial charge on any atom is 0.256 e. The number of aldehydes is 1. The number of hydrogen-bond donors (Lipinski definition) is 2. The third-order valence-electron chi connectivity index (χ3n) is 6.96. The molecule has 206 valence electrons. The summed E-state index contributed by atoms with van der Waals surface area (Å²) < 4.78 is 13.7. The van der Waals surface area contributed by atoms with Gasteiger partial charge in [-0.2, -0.15) is 0 Å². The summed E-state index contributed by atoms with van der Waals surface area (Å²) in [6, 6.07) is 17.4. The van der Waals surface area contributed by atoms with Crippen molar-refractivity contribution < 1.29 is 18.8 Å². The van der Waals surface area contributed by atoms with Crippen molar-refractivity contribution in [3.63, 3.8) is 0 Å². The second-order valence-corrected chi connectivity index (χ2v) is 9.98. The Bertz CT molecular complexity index is 1380. The quantitative estimate of drug-likeness (QED) is 0.124. The molecule has 3 aromatic carbocycles. The first kappa shape index (κ1) is 29.7. The van der Waals surface area contributed by atoms with E-state index in [2.05, 4.69) is 16.8 Å². The summed E-state index contributed by atoms with van der Waals surface area (Å²) >= 11 is 0. The second-order valence-electron chi connectivity index (χ2n) is 9.98. The second kappa shape index (κ2) is 14.4. The lowest BCUT2D eigenvalue weighted by atomic mass is 10.0. The Kier molecular flexibility index (Phi) is 10.9. The van der Waals surface area contributed by atoms with E-state index in [1.807, 2.05) is 82.3 Å². The molecule has 0 fully saturated rings. The zero-order chi connectivity index (χ0) is 28.4. The number of fused-ring (bicyclic) bond motifs is 2. The summed E-state index contributed by atoms with van der Waals surface area (Å²) in [7, 11) is 0. The van der Waals surface area contributed by atoms with Crippen LogP contribution >= 0.6 is 0 Å². The van der Waals surface area contributed by atoms with Gasteiger partial charge in [0.2, 0.25) is 0 Å². The summed E-state index contributed by atoms with van der Waals surface area (Å²) in [4.78, 5) is 37.0. The Morgan fingerprint density at radius 1 is 1.00 bits per heavy atom. The lowest BCUT2D eigenvalue weighted by molar-refractivity contribution is -0.134. The molecule has 2 atom stereocenters. The van der Waals surface area contributed by atoms with Crippen molar-refractivity contribution in [1.29, 1.82) is 0 Å². The van der Waals surface area contributed by atoms with Crippen LogP contribution in [-0.4, -0.2) is 48.9 Å². The van der Waals surface area contributed by atoms with Crippen molar-refractivity contribution in [2.45, 2.75) is 46.6 Å². The van der Waals surface area contributed by atoms with E-state index in [9.17, 15) is 18.8 Å². The number of allylic oxidation sites excluding steroid dienone is 3. The zero-order valence-electron chi connectivity index (χ0n) is 23.2. The van der Waals surface area contributed by atoms with Crippen molar-refractivity contribution in [3.8, 4) is 0 Å². The number of hydrazine groups is 1. The highest BCUT2D eigenvalue weighted by Crippen LogP contribution is 2.23. The first-order valence-electron chi connectivity index (χ1n) is 13.3. The number of nitrogens with zero attached hydrogens (tertiary/aromatic N) is 1. The van der Waals surface area contributed by atoms with Crippen molar-refractivity contribution in [1.82, 2.24) is 15.8 Å². The summed E-state index contributed by atoms with van der Waals surface area (Å²) in [5.74, 6) is -1.25. The Hall–Kier alpha value is -3.84. The van der Waals surface area contributed by atoms with Crippen LogP contribution in [0.15, 0.2) is 77.9 Å². The monoisotopic (exact) mass is 531 g/mol. The molecule has 2 amide bonds. The smallest absolute Gasteiger partial charge is 0.256 e. The lowest BCUT2D eigenvalue weighted by Crippen LogP contribution is -2.53. The normalized spacial score (nSPS) is 13.8. The number of hydrogen-bond acceptors (Lipinski definition) is 4. The van der Waals surface area contributed by atoms with E-state index < -0.39 is 12.6 Å². The minimum absolute atomic E-state index is 0.0856. The average molecular weight is 532 g/mol. The minimum atomic E-state index is -0.654. The number of halogens is 1. The highest BCUT2D eigenvalue weighted by atomic mass is 19.1. The van der Waals surface area contributed by atoms with E-state index in [1.165, 1.54) is 5.01 Å². The third-order valence-corrected chi connectivity index (χ3v) is 6.96. The Morgan fingerprint density at radius 3 is 2.31 bits per heavy atom. The number of benzene rings is 3. The lowest BCUT2D eigenvalue weighted by Gasteiger charge is -2.30. The summed E-state index contributed by atoms with van der Waals surface area (Å²) in [6.07, 6.45) is 5.32. The van der Waals surface area contributed by atoms with Crippen LogP contribution in [0.2, 0.25) is 0 Å². The fraction of sp³-hybridized carbons (Fsp3) is 0.344. The highest BCUT2D eigenvalue weighted by molar-refractivity contribution is 6.03. The molecule has 0 aliphatic rings. The molecule has 0 aliphatic heterocycles. The third kappa shape index (κ3) is 8.32. The Balaban J connectivity index is 1.73. The number of carbonyl (C=O) groups excluding carboxylic acids is 3. The molecule has 0 spiro atoms. The van der Waals surface area contributed by atoms with Gasteiger partial charge in [-0.25, -0.2) is 5.43 Å². The molecule has 1 unspecified atom stereocenters. The number of carbonyl (C=O) groups is 3. The molecule has 3 aromatic rings. The fourth-order valence-electron chi connectivity index (χ4n) is 4.34. The van der Waals surface area contributed by atoms with E-state index in [0.29, 0.717) is 12.0 Å². The Labute approximate surface area is 229 Å². The number of amides is 2. The molecule has 6 nitrogen and oxygen atoms in total. The summed E-state index contributed by atoms with van der Waals surface area (Å²) in [5, 5.41) is 8.25. The van der Waals surface area contributed by atoms with Crippen molar-refractivity contribution >= 4 is 39.6 Å². The van der Waals surface area contributed by atoms with Gasteiger partial charge in [-0.1, -0.05) is 53.6 Å². The van der Waals surface area contributed by atoms with Gasteiger partial charge >= 0.3 is 0 Å². The first-order valence-corrected chi connectivity index (χ1v) is 13.3. The molecule has 3 rings (SSSR count). The van der Waals surface area contributed by atoms with Crippen LogP contribution in [0.1, 0.15) is 50.9 Å². The van der Waals surface area contributed by atoms with Crippen LogP contribution in [0, 0.1) is 5.92 Å². The maximum atomic E-state index is 13.7. The van der Waals surface area contributed by atoms with E-state index in [4.69, 9.17) is 0 Å². The maximum absolute atomic E-state index is 13.7. The highest BCUT2D eigenvalue weighted by Gasteiger charge is 2.22. The fourth-order valence-corrected chi connectivity index (χ4v) is 4.34. The molecular formula is C32H38FN3O3. The first-order chi connectivity index (χ1) is 18.7. The Morgan fingerprint density at radius 2 is 1.67 bits per heavy atom. The molecule has 0 aliphatic carbocycles. The van der Waals surface area contributed by atoms with Gasteiger partial charge in [0, 0.05) is 30.5 Å². The standard InChI is InChI=1S/C32H38FN3O3/c1-5-22(2)15-23(3)24(4)35-36(21-25(19-33)9-8-14-37)31(38)20-34-32(39)29-13-12-28-16-26-10-6-7-11-27(26)17-30(28)18-29/h5-7,10-18,24-25,35H,8-9,19-21H2,1-4H3,(H,34,39)/b22-5-,23-15+/t24-,25?/m1/s1. The van der Waals surface area contributed by atoms with Crippen LogP contribution < -0.4 is 10.7 Å². The molecule has 39 heavy (non-hydrogen) atoms. The number of nitrogens with one attached hydrogen (secondary N) is 2. The van der Waals surface area contributed by atoms with Crippen LogP contribution in [0.3, 0.4) is 0 Å². The zero-order valence-corrected chi connectivity index (χ0v) is 23.2. The van der Waals surface area contributed by atoms with Crippen LogP contribution in [0.5, 0.6) is 0 Å². The molecule has 0 bridgehead atoms. The van der Waals surface area contributed by atoms with Gasteiger partial charge in [-0.05, 0) is 79.9 Å². The van der Waals surface area contributed by atoms with E-state index in [1.54, 1.807) is 6.07 Å². The predicted octanol–water partition coefficient (Wildman–Crippen LogP) is 5.92. The number of rotatable bonds is 13. The van der Waals surface area contributed by atoms with Gasteiger partial charge in [0.15, 0.2) is 0 Å². The van der Waals surface area contributed by atoms with Gasteiger partial charge in [-0.3, -0.25) is 19.0 Å². The average Bonchev–Trinajstić information content (AvgIpc) is 2.95. The van der Waals surface area contributed by atoms with E-state index >= 15 is 0 Å². The molecule has 0 radical (unpaired) electrons. The van der Waals surface area contributed by atoms with Crippen molar-refractivity contribution in [2.24, 2.45) is 5.92 Å². The predicted molar refractivity (Wildman–Crippen MR) is 156 cm³/mol.